The smallest absolute Gasteiger partial charge is 0.242 e. The van der Waals surface area contributed by atoms with Crippen LogP contribution in [0.3, 0.4) is 0 Å². The minimum atomic E-state index is -0.362. The predicted molar refractivity (Wildman–Crippen MR) is 59.6 cm³/mol. The van der Waals surface area contributed by atoms with E-state index < -0.39 is 0 Å². The largest absolute Gasteiger partial charge is 0.394 e. The van der Waals surface area contributed by atoms with Gasteiger partial charge in [0.15, 0.2) is 0 Å². The number of likely N-dealkylation sites (N-methyl/N-ethyl adjacent to an activating group) is 1. The number of piperazine rings is 1. The van der Waals surface area contributed by atoms with E-state index in [0.717, 1.165) is 19.5 Å². The highest BCUT2D eigenvalue weighted by molar-refractivity contribution is 5.83. The highest BCUT2D eigenvalue weighted by Crippen LogP contribution is 2.25. The fourth-order valence-corrected chi connectivity index (χ4v) is 2.43. The molecule has 0 radical (unpaired) electrons. The summed E-state index contributed by atoms with van der Waals surface area (Å²) in [6.45, 7) is 7.82. The van der Waals surface area contributed by atoms with E-state index in [-0.39, 0.29) is 24.1 Å². The number of carbonyl (C=O) groups is 1. The van der Waals surface area contributed by atoms with E-state index in [1.54, 1.807) is 11.9 Å². The van der Waals surface area contributed by atoms with Crippen LogP contribution in [-0.4, -0.2) is 59.1 Å². The molecule has 0 aliphatic carbocycles. The van der Waals surface area contributed by atoms with Gasteiger partial charge in [-0.25, -0.2) is 0 Å². The molecule has 0 aromatic rings. The summed E-state index contributed by atoms with van der Waals surface area (Å²) in [5, 5.41) is 9.32. The summed E-state index contributed by atoms with van der Waals surface area (Å²) in [7, 11) is 1.80. The van der Waals surface area contributed by atoms with Crippen molar-refractivity contribution >= 4 is 5.91 Å². The van der Waals surface area contributed by atoms with Crippen molar-refractivity contribution in [2.24, 2.45) is 0 Å². The van der Waals surface area contributed by atoms with Crippen molar-refractivity contribution in [2.75, 3.05) is 26.7 Å². The lowest BCUT2D eigenvalue weighted by Crippen LogP contribution is -2.66. The van der Waals surface area contributed by atoms with Gasteiger partial charge in [0, 0.05) is 19.1 Å². The van der Waals surface area contributed by atoms with Gasteiger partial charge < -0.3 is 10.0 Å². The fraction of sp³-hybridized carbons (Fsp3) is 0.909. The summed E-state index contributed by atoms with van der Waals surface area (Å²) >= 11 is 0. The third kappa shape index (κ3) is 2.32. The molecule has 1 fully saturated rings. The molecular formula is C11H22N2O2. The van der Waals surface area contributed by atoms with Crippen molar-refractivity contribution in [3.05, 3.63) is 0 Å². The van der Waals surface area contributed by atoms with E-state index in [9.17, 15) is 9.90 Å². The Morgan fingerprint density at radius 3 is 2.60 bits per heavy atom. The SMILES string of the molecule is CCCN1C(CO)C(=O)N(C)CC1(C)C. The second-order valence-corrected chi connectivity index (χ2v) is 4.90. The number of nitrogens with zero attached hydrogens (tertiary/aromatic N) is 2. The molecule has 1 atom stereocenters. The number of aliphatic hydroxyl groups excluding tert-OH is 1. The van der Waals surface area contributed by atoms with Gasteiger partial charge >= 0.3 is 0 Å². The van der Waals surface area contributed by atoms with Crippen LogP contribution in [0.15, 0.2) is 0 Å². The lowest BCUT2D eigenvalue weighted by molar-refractivity contribution is -0.150. The average molecular weight is 214 g/mol. The molecule has 1 amide bonds. The van der Waals surface area contributed by atoms with Crippen LogP contribution >= 0.6 is 0 Å². The van der Waals surface area contributed by atoms with Gasteiger partial charge in [-0.05, 0) is 26.8 Å². The van der Waals surface area contributed by atoms with E-state index in [1.165, 1.54) is 0 Å². The Bertz CT molecular complexity index is 241. The van der Waals surface area contributed by atoms with Gasteiger partial charge in [-0.2, -0.15) is 0 Å². The molecule has 88 valence electrons. The molecule has 1 saturated heterocycles. The van der Waals surface area contributed by atoms with Crippen LogP contribution in [0.5, 0.6) is 0 Å². The van der Waals surface area contributed by atoms with Gasteiger partial charge in [-0.15, -0.1) is 0 Å². The number of hydrogen-bond donors (Lipinski definition) is 1. The molecule has 4 nitrogen and oxygen atoms in total. The van der Waals surface area contributed by atoms with Crippen LogP contribution in [0.2, 0.25) is 0 Å². The predicted octanol–water partition coefficient (Wildman–Crippen LogP) is 0.310. The first-order valence-corrected chi connectivity index (χ1v) is 5.56. The molecule has 15 heavy (non-hydrogen) atoms. The van der Waals surface area contributed by atoms with Gasteiger partial charge in [0.1, 0.15) is 6.04 Å². The average Bonchev–Trinajstić information content (AvgIpc) is 2.14. The van der Waals surface area contributed by atoms with Crippen molar-refractivity contribution in [3.63, 3.8) is 0 Å². The first kappa shape index (κ1) is 12.5. The zero-order chi connectivity index (χ0) is 11.6. The van der Waals surface area contributed by atoms with Gasteiger partial charge in [0.05, 0.1) is 6.61 Å². The van der Waals surface area contributed by atoms with Gasteiger partial charge in [-0.1, -0.05) is 6.92 Å². The number of amides is 1. The Kier molecular flexibility index (Phi) is 3.73. The lowest BCUT2D eigenvalue weighted by atomic mass is 9.94. The summed E-state index contributed by atoms with van der Waals surface area (Å²) < 4.78 is 0. The monoisotopic (exact) mass is 214 g/mol. The molecule has 4 heteroatoms. The van der Waals surface area contributed by atoms with E-state index in [2.05, 4.69) is 25.7 Å². The summed E-state index contributed by atoms with van der Waals surface area (Å²) in [6, 6.07) is -0.362. The minimum Gasteiger partial charge on any atom is -0.394 e. The summed E-state index contributed by atoms with van der Waals surface area (Å²) in [6.07, 6.45) is 0.997. The Morgan fingerprint density at radius 1 is 1.53 bits per heavy atom. The first-order chi connectivity index (χ1) is 6.94. The molecule has 0 saturated carbocycles. The Morgan fingerprint density at radius 2 is 2.13 bits per heavy atom. The molecule has 1 N–H and O–H groups in total. The molecule has 0 aromatic heterocycles. The Hall–Kier alpha value is -0.610. The molecule has 1 heterocycles. The zero-order valence-electron chi connectivity index (χ0n) is 10.2. The molecule has 1 aliphatic heterocycles. The normalized spacial score (nSPS) is 27.1. The minimum absolute atomic E-state index is 0.0327. The lowest BCUT2D eigenvalue weighted by Gasteiger charge is -2.49. The van der Waals surface area contributed by atoms with E-state index >= 15 is 0 Å². The molecular weight excluding hydrogens is 192 g/mol. The maximum atomic E-state index is 11.9. The first-order valence-electron chi connectivity index (χ1n) is 5.56. The van der Waals surface area contributed by atoms with Crippen molar-refractivity contribution in [2.45, 2.75) is 38.8 Å². The third-order valence-corrected chi connectivity index (χ3v) is 3.08. The number of aliphatic hydroxyl groups is 1. The highest BCUT2D eigenvalue weighted by atomic mass is 16.3. The molecule has 1 rings (SSSR count). The maximum Gasteiger partial charge on any atom is 0.242 e. The van der Waals surface area contributed by atoms with Crippen LogP contribution in [0.1, 0.15) is 27.2 Å². The topological polar surface area (TPSA) is 43.8 Å². The second kappa shape index (κ2) is 4.49. The Labute approximate surface area is 91.9 Å². The Balaban J connectivity index is 2.91. The number of rotatable bonds is 3. The van der Waals surface area contributed by atoms with Gasteiger partial charge in [0.2, 0.25) is 5.91 Å². The van der Waals surface area contributed by atoms with Crippen molar-refractivity contribution in [1.29, 1.82) is 0 Å². The maximum absolute atomic E-state index is 11.9. The summed E-state index contributed by atoms with van der Waals surface area (Å²) in [4.78, 5) is 15.7. The van der Waals surface area contributed by atoms with Crippen molar-refractivity contribution < 1.29 is 9.90 Å². The quantitative estimate of drug-likeness (QED) is 0.735. The summed E-state index contributed by atoms with van der Waals surface area (Å²) in [5.41, 5.74) is -0.0495. The third-order valence-electron chi connectivity index (χ3n) is 3.08. The van der Waals surface area contributed by atoms with Crippen molar-refractivity contribution in [3.8, 4) is 0 Å². The van der Waals surface area contributed by atoms with Gasteiger partial charge in [-0.3, -0.25) is 9.69 Å². The fourth-order valence-electron chi connectivity index (χ4n) is 2.43. The molecule has 1 aliphatic rings. The second-order valence-electron chi connectivity index (χ2n) is 4.90. The van der Waals surface area contributed by atoms with Crippen LogP contribution < -0.4 is 0 Å². The van der Waals surface area contributed by atoms with Crippen LogP contribution in [-0.2, 0) is 4.79 Å². The van der Waals surface area contributed by atoms with E-state index in [4.69, 9.17) is 0 Å². The molecule has 1 unspecified atom stereocenters. The van der Waals surface area contributed by atoms with Crippen LogP contribution in [0.25, 0.3) is 0 Å². The van der Waals surface area contributed by atoms with Crippen molar-refractivity contribution in [1.82, 2.24) is 9.80 Å². The highest BCUT2D eigenvalue weighted by Gasteiger charge is 2.42. The van der Waals surface area contributed by atoms with Crippen LogP contribution in [0, 0.1) is 0 Å². The standard InChI is InChI=1S/C11H22N2O2/c1-5-6-13-9(7-14)10(15)12(4)8-11(13,2)3/h9,14H,5-8H2,1-4H3. The molecule has 0 aromatic carbocycles. The number of carbonyl (C=O) groups excluding carboxylic acids is 1. The van der Waals surface area contributed by atoms with E-state index in [1.807, 2.05) is 0 Å². The van der Waals surface area contributed by atoms with E-state index in [0.29, 0.717) is 0 Å². The van der Waals surface area contributed by atoms with Crippen LogP contribution in [0.4, 0.5) is 0 Å². The zero-order valence-corrected chi connectivity index (χ0v) is 10.2. The molecule has 0 bridgehead atoms. The summed E-state index contributed by atoms with van der Waals surface area (Å²) in [5.74, 6) is 0.0327. The van der Waals surface area contributed by atoms with Gasteiger partial charge in [0.25, 0.3) is 0 Å². The molecule has 0 spiro atoms. The number of hydrogen-bond acceptors (Lipinski definition) is 3.